The van der Waals surface area contributed by atoms with Crippen molar-refractivity contribution in [2.45, 2.75) is 51.5 Å². The fourth-order valence-corrected chi connectivity index (χ4v) is 2.89. The van der Waals surface area contributed by atoms with E-state index < -0.39 is 0 Å². The predicted molar refractivity (Wildman–Crippen MR) is 70.4 cm³/mol. The van der Waals surface area contributed by atoms with E-state index in [1.165, 1.54) is 0 Å². The van der Waals surface area contributed by atoms with Crippen molar-refractivity contribution in [2.75, 3.05) is 20.1 Å². The van der Waals surface area contributed by atoms with Crippen molar-refractivity contribution in [1.29, 1.82) is 0 Å². The molecule has 0 N–H and O–H groups in total. The molecule has 0 unspecified atom stereocenters. The highest BCUT2D eigenvalue weighted by Gasteiger charge is 2.29. The summed E-state index contributed by atoms with van der Waals surface area (Å²) in [6, 6.07) is 0.413. The molecule has 0 aromatic carbocycles. The SMILES string of the molecule is CC1CCN(C(=O)N(C)C2CCC(=O)CC2)CC1. The third-order valence-corrected chi connectivity index (χ3v) is 4.42. The number of amides is 2. The third kappa shape index (κ3) is 3.03. The van der Waals surface area contributed by atoms with E-state index in [4.69, 9.17) is 0 Å². The maximum absolute atomic E-state index is 12.4. The molecule has 4 nitrogen and oxygen atoms in total. The first-order valence-electron chi connectivity index (χ1n) is 7.11. The standard InChI is InChI=1S/C14H24N2O2/c1-11-7-9-16(10-8-11)14(18)15(2)12-3-5-13(17)6-4-12/h11-12H,3-10H2,1-2H3. The van der Waals surface area contributed by atoms with Crippen molar-refractivity contribution >= 4 is 11.8 Å². The van der Waals surface area contributed by atoms with Crippen LogP contribution < -0.4 is 0 Å². The second kappa shape index (κ2) is 5.72. The Labute approximate surface area is 109 Å². The van der Waals surface area contributed by atoms with Crippen molar-refractivity contribution < 1.29 is 9.59 Å². The van der Waals surface area contributed by atoms with E-state index in [1.807, 2.05) is 16.8 Å². The lowest BCUT2D eigenvalue weighted by molar-refractivity contribution is -0.121. The van der Waals surface area contributed by atoms with Gasteiger partial charge in [-0.2, -0.15) is 0 Å². The van der Waals surface area contributed by atoms with Crippen LogP contribution in [0.3, 0.4) is 0 Å². The third-order valence-electron chi connectivity index (χ3n) is 4.42. The fraction of sp³-hybridized carbons (Fsp3) is 0.857. The molecule has 2 rings (SSSR count). The molecule has 0 radical (unpaired) electrons. The molecule has 0 bridgehead atoms. The summed E-state index contributed by atoms with van der Waals surface area (Å²) in [4.78, 5) is 27.4. The van der Waals surface area contributed by atoms with Gasteiger partial charge in [-0.25, -0.2) is 4.79 Å². The molecule has 18 heavy (non-hydrogen) atoms. The molecule has 1 saturated heterocycles. The van der Waals surface area contributed by atoms with Gasteiger partial charge in [-0.1, -0.05) is 6.92 Å². The van der Waals surface area contributed by atoms with E-state index in [9.17, 15) is 9.59 Å². The van der Waals surface area contributed by atoms with Crippen LogP contribution in [0.4, 0.5) is 4.79 Å². The number of hydrogen-bond donors (Lipinski definition) is 0. The average Bonchev–Trinajstić information content (AvgIpc) is 2.39. The summed E-state index contributed by atoms with van der Waals surface area (Å²) in [5.74, 6) is 1.09. The van der Waals surface area contributed by atoms with Crippen LogP contribution >= 0.6 is 0 Å². The molecule has 0 aromatic rings. The van der Waals surface area contributed by atoms with Crippen molar-refractivity contribution in [2.24, 2.45) is 5.92 Å². The number of rotatable bonds is 1. The van der Waals surface area contributed by atoms with Crippen LogP contribution in [0.15, 0.2) is 0 Å². The van der Waals surface area contributed by atoms with Gasteiger partial charge in [-0.05, 0) is 31.6 Å². The Kier molecular flexibility index (Phi) is 4.25. The van der Waals surface area contributed by atoms with Crippen molar-refractivity contribution in [1.82, 2.24) is 9.80 Å². The summed E-state index contributed by atoms with van der Waals surface area (Å²) in [7, 11) is 1.89. The number of urea groups is 1. The minimum absolute atomic E-state index is 0.154. The maximum Gasteiger partial charge on any atom is 0.319 e. The first kappa shape index (κ1) is 13.4. The van der Waals surface area contributed by atoms with Crippen LogP contribution in [0.2, 0.25) is 0 Å². The zero-order chi connectivity index (χ0) is 13.1. The first-order chi connectivity index (χ1) is 8.58. The summed E-state index contributed by atoms with van der Waals surface area (Å²) in [5, 5.41) is 0. The number of carbonyl (C=O) groups excluding carboxylic acids is 2. The lowest BCUT2D eigenvalue weighted by Crippen LogP contribution is -2.49. The second-order valence-electron chi connectivity index (χ2n) is 5.83. The zero-order valence-corrected chi connectivity index (χ0v) is 11.5. The molecule has 0 atom stereocenters. The average molecular weight is 252 g/mol. The molecule has 0 aromatic heterocycles. The number of ketones is 1. The summed E-state index contributed by atoms with van der Waals surface area (Å²) in [6.07, 6.45) is 5.18. The molecule has 102 valence electrons. The number of carbonyl (C=O) groups is 2. The lowest BCUT2D eigenvalue weighted by Gasteiger charge is -2.37. The van der Waals surface area contributed by atoms with Crippen LogP contribution in [0.1, 0.15) is 45.4 Å². The quantitative estimate of drug-likeness (QED) is 0.718. The lowest BCUT2D eigenvalue weighted by atomic mass is 9.93. The Morgan fingerprint density at radius 3 is 2.28 bits per heavy atom. The Morgan fingerprint density at radius 2 is 1.72 bits per heavy atom. The normalized spacial score (nSPS) is 23.2. The largest absolute Gasteiger partial charge is 0.325 e. The maximum atomic E-state index is 12.4. The summed E-state index contributed by atoms with van der Waals surface area (Å²) >= 11 is 0. The summed E-state index contributed by atoms with van der Waals surface area (Å²) < 4.78 is 0. The minimum atomic E-state index is 0.154. The highest BCUT2D eigenvalue weighted by atomic mass is 16.2. The van der Waals surface area contributed by atoms with Gasteiger partial charge in [0.05, 0.1) is 0 Å². The van der Waals surface area contributed by atoms with E-state index in [-0.39, 0.29) is 12.1 Å². The Bertz CT molecular complexity index is 312. The van der Waals surface area contributed by atoms with E-state index in [0.29, 0.717) is 18.6 Å². The number of nitrogens with zero attached hydrogens (tertiary/aromatic N) is 2. The predicted octanol–water partition coefficient (Wildman–Crippen LogP) is 2.28. The van der Waals surface area contributed by atoms with Gasteiger partial charge in [0.25, 0.3) is 0 Å². The smallest absolute Gasteiger partial charge is 0.319 e. The summed E-state index contributed by atoms with van der Waals surface area (Å²) in [6.45, 7) is 4.02. The molecule has 4 heteroatoms. The van der Waals surface area contributed by atoms with E-state index >= 15 is 0 Å². The van der Waals surface area contributed by atoms with Crippen LogP contribution in [0, 0.1) is 5.92 Å². The van der Waals surface area contributed by atoms with Crippen LogP contribution in [-0.4, -0.2) is 47.8 Å². The highest BCUT2D eigenvalue weighted by molar-refractivity contribution is 5.80. The monoisotopic (exact) mass is 252 g/mol. The molecule has 2 aliphatic rings. The van der Waals surface area contributed by atoms with Gasteiger partial charge in [-0.3, -0.25) is 4.79 Å². The van der Waals surface area contributed by atoms with Crippen molar-refractivity contribution in [3.63, 3.8) is 0 Å². The van der Waals surface area contributed by atoms with E-state index in [2.05, 4.69) is 6.92 Å². The van der Waals surface area contributed by atoms with Crippen LogP contribution in [0.25, 0.3) is 0 Å². The van der Waals surface area contributed by atoms with Gasteiger partial charge in [0.2, 0.25) is 0 Å². The molecular formula is C14H24N2O2. The Morgan fingerprint density at radius 1 is 1.17 bits per heavy atom. The Balaban J connectivity index is 1.86. The first-order valence-corrected chi connectivity index (χ1v) is 7.11. The van der Waals surface area contributed by atoms with Crippen molar-refractivity contribution in [3.05, 3.63) is 0 Å². The van der Waals surface area contributed by atoms with Crippen LogP contribution in [-0.2, 0) is 4.79 Å². The molecular weight excluding hydrogens is 228 g/mol. The molecule has 1 saturated carbocycles. The van der Waals surface area contributed by atoms with Gasteiger partial charge in [0.1, 0.15) is 5.78 Å². The number of Topliss-reactive ketones (excluding diaryl/α,β-unsaturated/α-hetero) is 1. The molecule has 1 heterocycles. The van der Waals surface area contributed by atoms with Gasteiger partial charge >= 0.3 is 6.03 Å². The van der Waals surface area contributed by atoms with Crippen molar-refractivity contribution in [3.8, 4) is 0 Å². The fourth-order valence-electron chi connectivity index (χ4n) is 2.89. The van der Waals surface area contributed by atoms with E-state index in [1.54, 1.807) is 0 Å². The van der Waals surface area contributed by atoms with Gasteiger partial charge in [0, 0.05) is 39.0 Å². The number of piperidine rings is 1. The molecule has 2 amide bonds. The summed E-state index contributed by atoms with van der Waals surface area (Å²) in [5.41, 5.74) is 0. The zero-order valence-electron chi connectivity index (χ0n) is 11.5. The van der Waals surface area contributed by atoms with Gasteiger partial charge < -0.3 is 9.80 Å². The van der Waals surface area contributed by atoms with Gasteiger partial charge in [-0.15, -0.1) is 0 Å². The van der Waals surface area contributed by atoms with Gasteiger partial charge in [0.15, 0.2) is 0 Å². The molecule has 0 spiro atoms. The molecule has 2 fully saturated rings. The highest BCUT2D eigenvalue weighted by Crippen LogP contribution is 2.22. The van der Waals surface area contributed by atoms with Crippen LogP contribution in [0.5, 0.6) is 0 Å². The molecule has 1 aliphatic carbocycles. The minimum Gasteiger partial charge on any atom is -0.325 e. The topological polar surface area (TPSA) is 40.6 Å². The van der Waals surface area contributed by atoms with E-state index in [0.717, 1.165) is 44.7 Å². The Hall–Kier alpha value is -1.06. The number of hydrogen-bond acceptors (Lipinski definition) is 2. The number of likely N-dealkylation sites (tertiary alicyclic amines) is 1. The second-order valence-corrected chi connectivity index (χ2v) is 5.83. The molecule has 1 aliphatic heterocycles.